The molecule has 8 nitrogen and oxygen atoms in total. The number of benzene rings is 4. The fourth-order valence-electron chi connectivity index (χ4n) is 5.10. The molecule has 3 atom stereocenters. The molecule has 0 aromatic heterocycles. The number of anilines is 1. The molecule has 9 heteroatoms. The van der Waals surface area contributed by atoms with Crippen LogP contribution in [0.15, 0.2) is 115 Å². The van der Waals surface area contributed by atoms with E-state index in [1.165, 1.54) is 13.0 Å². The van der Waals surface area contributed by atoms with E-state index in [0.29, 0.717) is 13.0 Å². The van der Waals surface area contributed by atoms with Crippen LogP contribution in [0.5, 0.6) is 0 Å². The highest BCUT2D eigenvalue weighted by Crippen LogP contribution is 2.40. The largest absolute Gasteiger partial charge is 0.445 e. The van der Waals surface area contributed by atoms with E-state index in [1.54, 1.807) is 11.8 Å². The molecule has 4 aromatic carbocycles. The maximum atomic E-state index is 11.8. The molecule has 0 bridgehead atoms. The van der Waals surface area contributed by atoms with Crippen molar-refractivity contribution in [3.05, 3.63) is 132 Å². The van der Waals surface area contributed by atoms with Crippen LogP contribution in [-0.4, -0.2) is 35.6 Å². The van der Waals surface area contributed by atoms with Crippen molar-refractivity contribution in [1.29, 1.82) is 0 Å². The minimum Gasteiger partial charge on any atom is -0.445 e. The van der Waals surface area contributed by atoms with Crippen LogP contribution in [0.25, 0.3) is 11.1 Å². The van der Waals surface area contributed by atoms with E-state index < -0.39 is 12.4 Å². The summed E-state index contributed by atoms with van der Waals surface area (Å²) in [6, 6.07) is 31.8. The third kappa shape index (κ3) is 9.31. The van der Waals surface area contributed by atoms with Gasteiger partial charge < -0.3 is 30.0 Å². The minimum atomic E-state index is -0.560. The molecule has 0 spiro atoms. The van der Waals surface area contributed by atoms with Gasteiger partial charge in [0.2, 0.25) is 5.91 Å². The first-order valence-corrected chi connectivity index (χ1v) is 16.1. The first-order valence-electron chi connectivity index (χ1n) is 15.1. The molecule has 5 rings (SSSR count). The number of hydrogen-bond acceptors (Lipinski definition) is 7. The Bertz CT molecular complexity index is 1610. The molecule has 1 saturated heterocycles. The second-order valence-corrected chi connectivity index (χ2v) is 12.0. The highest BCUT2D eigenvalue weighted by atomic mass is 32.2. The number of amides is 2. The Morgan fingerprint density at radius 1 is 0.935 bits per heavy atom. The Morgan fingerprint density at radius 2 is 1.67 bits per heavy atom. The molecule has 1 aliphatic heterocycles. The second kappa shape index (κ2) is 16.2. The van der Waals surface area contributed by atoms with Crippen LogP contribution in [0, 0.1) is 0 Å². The average molecular weight is 639 g/mol. The Kier molecular flexibility index (Phi) is 11.6. The van der Waals surface area contributed by atoms with Crippen molar-refractivity contribution in [1.82, 2.24) is 5.32 Å². The number of hydrogen-bond donors (Lipinski definition) is 3. The van der Waals surface area contributed by atoms with Crippen LogP contribution in [0.3, 0.4) is 0 Å². The van der Waals surface area contributed by atoms with Crippen LogP contribution in [0.4, 0.5) is 10.5 Å². The molecule has 0 saturated carbocycles. The standard InChI is InChI=1S/C37H38N2O6S/c1-3-19-43-37(42)38-22-27-5-4-6-31(20-27)28-11-13-30(14-12-28)36-44-33(21-35(45-36)29-9-7-26(23-40)8-10-29)24-46-34-17-15-32(16-18-34)39-25(2)41/h3-18,20,33,35-36,40H,1,19,21-24H2,2H3,(H,38,42)(H,39,41)/t33-,35+,36+/m1/s1. The van der Waals surface area contributed by atoms with E-state index in [2.05, 4.69) is 17.2 Å². The van der Waals surface area contributed by atoms with Gasteiger partial charge >= 0.3 is 6.09 Å². The molecular weight excluding hydrogens is 600 g/mol. The van der Waals surface area contributed by atoms with Gasteiger partial charge in [0.1, 0.15) is 6.61 Å². The van der Waals surface area contributed by atoms with Gasteiger partial charge in [0.25, 0.3) is 0 Å². The fraction of sp³-hybridized carbons (Fsp3) is 0.243. The van der Waals surface area contributed by atoms with Gasteiger partial charge in [-0.25, -0.2) is 4.79 Å². The number of aliphatic hydroxyl groups is 1. The maximum absolute atomic E-state index is 11.8. The number of nitrogens with one attached hydrogen (secondary N) is 2. The van der Waals surface area contributed by atoms with Gasteiger partial charge in [0, 0.05) is 41.8 Å². The summed E-state index contributed by atoms with van der Waals surface area (Å²) in [7, 11) is 0. The van der Waals surface area contributed by atoms with Crippen molar-refractivity contribution in [2.45, 2.75) is 49.9 Å². The van der Waals surface area contributed by atoms with Gasteiger partial charge in [-0.15, -0.1) is 11.8 Å². The van der Waals surface area contributed by atoms with Gasteiger partial charge in [-0.1, -0.05) is 79.4 Å². The summed E-state index contributed by atoms with van der Waals surface area (Å²) >= 11 is 1.70. The summed E-state index contributed by atoms with van der Waals surface area (Å²) in [4.78, 5) is 24.3. The Morgan fingerprint density at radius 3 is 2.37 bits per heavy atom. The number of ether oxygens (including phenoxy) is 3. The Balaban J connectivity index is 1.28. The third-order valence-electron chi connectivity index (χ3n) is 7.44. The highest BCUT2D eigenvalue weighted by Gasteiger charge is 2.32. The zero-order valence-corrected chi connectivity index (χ0v) is 26.5. The second-order valence-electron chi connectivity index (χ2n) is 10.9. The van der Waals surface area contributed by atoms with Crippen molar-refractivity contribution >= 4 is 29.4 Å². The molecule has 1 fully saturated rings. The van der Waals surface area contributed by atoms with E-state index >= 15 is 0 Å². The molecule has 1 aliphatic rings. The highest BCUT2D eigenvalue weighted by molar-refractivity contribution is 7.99. The Hall–Kier alpha value is -4.41. The Labute approximate surface area is 273 Å². The van der Waals surface area contributed by atoms with E-state index in [-0.39, 0.29) is 31.3 Å². The summed E-state index contributed by atoms with van der Waals surface area (Å²) in [5.74, 6) is 0.627. The van der Waals surface area contributed by atoms with E-state index in [0.717, 1.165) is 49.7 Å². The predicted octanol–water partition coefficient (Wildman–Crippen LogP) is 7.55. The van der Waals surface area contributed by atoms with Crippen molar-refractivity contribution < 1.29 is 28.9 Å². The number of thioether (sulfide) groups is 1. The van der Waals surface area contributed by atoms with Crippen LogP contribution in [0.2, 0.25) is 0 Å². The number of aliphatic hydroxyl groups excluding tert-OH is 1. The lowest BCUT2D eigenvalue weighted by atomic mass is 9.99. The molecular formula is C37H38N2O6S. The lowest BCUT2D eigenvalue weighted by molar-refractivity contribution is -0.245. The van der Waals surface area contributed by atoms with Gasteiger partial charge in [-0.05, 0) is 58.1 Å². The maximum Gasteiger partial charge on any atom is 0.407 e. The summed E-state index contributed by atoms with van der Waals surface area (Å²) in [5, 5.41) is 15.1. The summed E-state index contributed by atoms with van der Waals surface area (Å²) < 4.78 is 18.0. The van der Waals surface area contributed by atoms with Crippen molar-refractivity contribution in [2.24, 2.45) is 0 Å². The molecule has 4 aromatic rings. The van der Waals surface area contributed by atoms with E-state index in [1.807, 2.05) is 97.1 Å². The summed E-state index contributed by atoms with van der Waals surface area (Å²) in [6.45, 7) is 5.55. The molecule has 1 heterocycles. The predicted molar refractivity (Wildman–Crippen MR) is 180 cm³/mol. The normalized spacial score (nSPS) is 17.6. The smallest absolute Gasteiger partial charge is 0.407 e. The third-order valence-corrected chi connectivity index (χ3v) is 8.58. The van der Waals surface area contributed by atoms with Gasteiger partial charge in [-0.2, -0.15) is 0 Å². The van der Waals surface area contributed by atoms with Gasteiger partial charge in [0.05, 0.1) is 18.8 Å². The molecule has 2 amide bonds. The van der Waals surface area contributed by atoms with E-state index in [4.69, 9.17) is 14.2 Å². The van der Waals surface area contributed by atoms with Crippen LogP contribution in [-0.2, 0) is 32.2 Å². The average Bonchev–Trinajstić information content (AvgIpc) is 3.09. The molecule has 0 radical (unpaired) electrons. The molecule has 3 N–H and O–H groups in total. The first kappa shape index (κ1) is 33.0. The van der Waals surface area contributed by atoms with Gasteiger partial charge in [0.15, 0.2) is 6.29 Å². The van der Waals surface area contributed by atoms with E-state index in [9.17, 15) is 14.7 Å². The zero-order valence-electron chi connectivity index (χ0n) is 25.7. The molecule has 0 unspecified atom stereocenters. The quantitative estimate of drug-likeness (QED) is 0.109. The summed E-state index contributed by atoms with van der Waals surface area (Å²) in [5.41, 5.74) is 6.58. The molecule has 238 valence electrons. The summed E-state index contributed by atoms with van der Waals surface area (Å²) in [6.07, 6.45) is 0.909. The van der Waals surface area contributed by atoms with Crippen molar-refractivity contribution in [3.63, 3.8) is 0 Å². The molecule has 0 aliphatic carbocycles. The lowest BCUT2D eigenvalue weighted by Crippen LogP contribution is -2.31. The monoisotopic (exact) mass is 638 g/mol. The van der Waals surface area contributed by atoms with Crippen molar-refractivity contribution in [3.8, 4) is 11.1 Å². The lowest BCUT2D eigenvalue weighted by Gasteiger charge is -2.36. The zero-order chi connectivity index (χ0) is 32.3. The fourth-order valence-corrected chi connectivity index (χ4v) is 6.02. The molecule has 46 heavy (non-hydrogen) atoms. The number of carbonyl (C=O) groups excluding carboxylic acids is 2. The number of rotatable bonds is 12. The number of alkyl carbamates (subject to hydrolysis) is 1. The SMILES string of the molecule is C=CCOC(=O)NCc1cccc(-c2ccc([C@H]3O[C@@H](CSc4ccc(NC(C)=O)cc4)C[C@@H](c4ccc(CO)cc4)O3)cc2)c1. The van der Waals surface area contributed by atoms with Crippen LogP contribution < -0.4 is 10.6 Å². The topological polar surface area (TPSA) is 106 Å². The van der Waals surface area contributed by atoms with Crippen LogP contribution in [0.1, 0.15) is 48.0 Å². The first-order chi connectivity index (χ1) is 22.4. The van der Waals surface area contributed by atoms with Crippen molar-refractivity contribution in [2.75, 3.05) is 17.7 Å². The van der Waals surface area contributed by atoms with Gasteiger partial charge in [-0.3, -0.25) is 4.79 Å². The number of carbonyl (C=O) groups is 2. The minimum absolute atomic E-state index is 0.00836. The van der Waals surface area contributed by atoms with Crippen LogP contribution >= 0.6 is 11.8 Å².